The molecule has 11 heteroatoms. The van der Waals surface area contributed by atoms with Crippen LogP contribution in [0.4, 0.5) is 0 Å². The molecule has 0 bridgehead atoms. The normalized spacial score (nSPS) is 12.6. The second-order valence-electron chi connectivity index (χ2n) is 7.30. The van der Waals surface area contributed by atoms with E-state index in [1.807, 2.05) is 37.3 Å². The Balaban J connectivity index is 1.67. The number of aliphatic imine (C=N–C) groups is 1. The molecule has 1 amide bonds. The van der Waals surface area contributed by atoms with Crippen LogP contribution in [0.5, 0.6) is 0 Å². The lowest BCUT2D eigenvalue weighted by molar-refractivity contribution is -0.145. The van der Waals surface area contributed by atoms with Crippen molar-refractivity contribution in [1.82, 2.24) is 10.0 Å². The summed E-state index contributed by atoms with van der Waals surface area (Å²) in [6, 6.07) is 14.6. The van der Waals surface area contributed by atoms with E-state index >= 15 is 0 Å². The maximum atomic E-state index is 12.3. The molecule has 178 valence electrons. The molecule has 0 fully saturated rings. The Bertz CT molecular complexity index is 1060. The van der Waals surface area contributed by atoms with Gasteiger partial charge in [-0.1, -0.05) is 48.0 Å². The van der Waals surface area contributed by atoms with Gasteiger partial charge in [-0.25, -0.2) is 13.1 Å². The van der Waals surface area contributed by atoms with Gasteiger partial charge in [0.05, 0.1) is 10.9 Å². The lowest BCUT2D eigenvalue weighted by Crippen LogP contribution is -2.43. The number of hydrogen-bond donors (Lipinski definition) is 4. The number of esters is 1. The smallest absolute Gasteiger partial charge is 0.325 e. The fraction of sp³-hybridized carbons (Fsp3) is 0.318. The number of carbonyl (C=O) groups excluding carboxylic acids is 2. The first-order chi connectivity index (χ1) is 15.7. The first kappa shape index (κ1) is 25.8. The molecule has 0 aliphatic carbocycles. The number of nitrogens with zero attached hydrogens (tertiary/aromatic N) is 1. The number of hydrogen-bond acceptors (Lipinski definition) is 7. The highest BCUT2D eigenvalue weighted by Crippen LogP contribution is 2.09. The maximum Gasteiger partial charge on any atom is 0.325 e. The van der Waals surface area contributed by atoms with Crippen LogP contribution in [0.25, 0.3) is 0 Å². The van der Waals surface area contributed by atoms with Crippen molar-refractivity contribution in [3.8, 4) is 0 Å². The van der Waals surface area contributed by atoms with Gasteiger partial charge >= 0.3 is 5.97 Å². The number of aryl methyl sites for hydroxylation is 1. The number of ether oxygens (including phenoxy) is 1. The van der Waals surface area contributed by atoms with Crippen molar-refractivity contribution in [3.63, 3.8) is 0 Å². The van der Waals surface area contributed by atoms with Gasteiger partial charge in [0.25, 0.3) is 10.0 Å². The third-order valence-corrected chi connectivity index (χ3v) is 5.88. The lowest BCUT2D eigenvalue weighted by Gasteiger charge is -2.12. The monoisotopic (exact) mass is 475 g/mol. The summed E-state index contributed by atoms with van der Waals surface area (Å²) in [5, 5.41) is 2.43. The molecule has 0 aromatic heterocycles. The van der Waals surface area contributed by atoms with E-state index in [1.165, 1.54) is 12.1 Å². The molecule has 33 heavy (non-hydrogen) atoms. The molecule has 10 nitrogen and oxygen atoms in total. The van der Waals surface area contributed by atoms with Gasteiger partial charge in [-0.15, -0.1) is 0 Å². The number of carbonyl (C=O) groups is 2. The van der Waals surface area contributed by atoms with E-state index < -0.39 is 27.9 Å². The number of benzene rings is 2. The highest BCUT2D eigenvalue weighted by molar-refractivity contribution is 7.90. The van der Waals surface area contributed by atoms with Crippen LogP contribution in [0.1, 0.15) is 24.0 Å². The maximum absolute atomic E-state index is 12.3. The molecule has 2 rings (SSSR count). The molecule has 2 aromatic rings. The van der Waals surface area contributed by atoms with Crippen molar-refractivity contribution >= 4 is 27.9 Å². The van der Waals surface area contributed by atoms with E-state index in [-0.39, 0.29) is 37.0 Å². The second-order valence-corrected chi connectivity index (χ2v) is 8.98. The Morgan fingerprint density at radius 3 is 2.42 bits per heavy atom. The summed E-state index contributed by atoms with van der Waals surface area (Å²) in [5.74, 6) is -1.32. The number of nitrogens with two attached hydrogens (primary N) is 2. The fourth-order valence-electron chi connectivity index (χ4n) is 2.67. The van der Waals surface area contributed by atoms with E-state index in [0.29, 0.717) is 6.42 Å². The molecule has 6 N–H and O–H groups in total. The highest BCUT2D eigenvalue weighted by atomic mass is 32.2. The number of guanidine groups is 1. The van der Waals surface area contributed by atoms with E-state index in [2.05, 4.69) is 15.0 Å². The summed E-state index contributed by atoms with van der Waals surface area (Å²) in [5.41, 5.74) is 13.2. The average Bonchev–Trinajstić information content (AvgIpc) is 2.79. The Hall–Kier alpha value is -3.44. The predicted molar refractivity (Wildman–Crippen MR) is 124 cm³/mol. The van der Waals surface area contributed by atoms with Crippen molar-refractivity contribution in [3.05, 3.63) is 65.7 Å². The van der Waals surface area contributed by atoms with Gasteiger partial charge < -0.3 is 21.5 Å². The molecule has 0 saturated carbocycles. The molecule has 0 aliphatic rings. The predicted octanol–water partition coefficient (Wildman–Crippen LogP) is 0.555. The molecule has 0 spiro atoms. The molecular formula is C22H29N5O5S. The molecule has 1 atom stereocenters. The van der Waals surface area contributed by atoms with Gasteiger partial charge in [0.15, 0.2) is 0 Å². The van der Waals surface area contributed by atoms with Crippen molar-refractivity contribution in [2.24, 2.45) is 16.5 Å². The highest BCUT2D eigenvalue weighted by Gasteiger charge is 2.16. The zero-order valence-corrected chi connectivity index (χ0v) is 19.2. The zero-order valence-electron chi connectivity index (χ0n) is 18.4. The Kier molecular flexibility index (Phi) is 9.83. The van der Waals surface area contributed by atoms with E-state index in [4.69, 9.17) is 16.2 Å². The minimum Gasteiger partial charge on any atom is -0.460 e. The average molecular weight is 476 g/mol. The lowest BCUT2D eigenvalue weighted by atomic mass is 10.1. The third kappa shape index (κ3) is 9.29. The standard InChI is InChI=1S/C22H29N5O5S/c1-16-9-11-18(12-10-16)33(30,31)27-22(24)25-13-5-8-19(23)21(29)26-14-20(28)32-15-17-6-3-2-4-7-17/h2-4,6-7,9-12,19H,5,8,13-15,23H2,1H3,(H,26,29)(H3,24,25,27)/t19-/m1/s1. The summed E-state index contributed by atoms with van der Waals surface area (Å²) in [6.45, 7) is 1.85. The van der Waals surface area contributed by atoms with Crippen LogP contribution >= 0.6 is 0 Å². The molecule has 0 aliphatic heterocycles. The van der Waals surface area contributed by atoms with Crippen LogP contribution in [-0.4, -0.2) is 45.4 Å². The molecule has 0 unspecified atom stereocenters. The van der Waals surface area contributed by atoms with Gasteiger partial charge in [-0.2, -0.15) is 0 Å². The molecule has 2 aromatic carbocycles. The van der Waals surface area contributed by atoms with Crippen LogP contribution in [0, 0.1) is 6.92 Å². The van der Waals surface area contributed by atoms with Crippen molar-refractivity contribution in [1.29, 1.82) is 0 Å². The van der Waals surface area contributed by atoms with E-state index in [9.17, 15) is 18.0 Å². The minimum atomic E-state index is -3.82. The van der Waals surface area contributed by atoms with Gasteiger partial charge in [-0.3, -0.25) is 14.6 Å². The van der Waals surface area contributed by atoms with Crippen LogP contribution in [0.3, 0.4) is 0 Å². The molecule has 0 saturated heterocycles. The van der Waals surface area contributed by atoms with Crippen LogP contribution in [0.2, 0.25) is 0 Å². The summed E-state index contributed by atoms with van der Waals surface area (Å²) < 4.78 is 31.8. The van der Waals surface area contributed by atoms with Gasteiger partial charge in [0, 0.05) is 6.54 Å². The summed E-state index contributed by atoms with van der Waals surface area (Å²) in [7, 11) is -3.82. The van der Waals surface area contributed by atoms with Gasteiger partial charge in [-0.05, 0) is 37.5 Å². The Morgan fingerprint density at radius 2 is 1.76 bits per heavy atom. The summed E-state index contributed by atoms with van der Waals surface area (Å²) in [6.07, 6.45) is 0.659. The first-order valence-electron chi connectivity index (χ1n) is 10.3. The van der Waals surface area contributed by atoms with Crippen molar-refractivity contribution in [2.45, 2.75) is 37.3 Å². The van der Waals surface area contributed by atoms with Crippen LogP contribution < -0.4 is 21.5 Å². The largest absolute Gasteiger partial charge is 0.460 e. The fourth-order valence-corrected chi connectivity index (χ4v) is 3.62. The quantitative estimate of drug-likeness (QED) is 0.159. The second kappa shape index (κ2) is 12.6. The number of rotatable bonds is 11. The molecule has 0 heterocycles. The minimum absolute atomic E-state index is 0.0761. The number of sulfonamides is 1. The Morgan fingerprint density at radius 1 is 1.09 bits per heavy atom. The van der Waals surface area contributed by atoms with Crippen LogP contribution in [-0.2, 0) is 31.0 Å². The first-order valence-corrected chi connectivity index (χ1v) is 11.8. The summed E-state index contributed by atoms with van der Waals surface area (Å²) in [4.78, 5) is 27.8. The summed E-state index contributed by atoms with van der Waals surface area (Å²) >= 11 is 0. The molecular weight excluding hydrogens is 446 g/mol. The van der Waals surface area contributed by atoms with Crippen molar-refractivity contribution in [2.75, 3.05) is 13.1 Å². The van der Waals surface area contributed by atoms with E-state index in [1.54, 1.807) is 12.1 Å². The zero-order chi connectivity index (χ0) is 24.3. The van der Waals surface area contributed by atoms with Crippen molar-refractivity contribution < 1.29 is 22.7 Å². The van der Waals surface area contributed by atoms with Crippen LogP contribution in [0.15, 0.2) is 64.5 Å². The SMILES string of the molecule is Cc1ccc(S(=O)(=O)NC(N)=NCCC[C@@H](N)C(=O)NCC(=O)OCc2ccccc2)cc1. The Labute approximate surface area is 193 Å². The van der Waals surface area contributed by atoms with Gasteiger partial charge in [0.1, 0.15) is 13.2 Å². The third-order valence-electron chi connectivity index (χ3n) is 4.51. The van der Waals surface area contributed by atoms with E-state index in [0.717, 1.165) is 11.1 Å². The topological polar surface area (TPSA) is 166 Å². The number of nitrogens with one attached hydrogen (secondary N) is 2. The number of amides is 1. The molecule has 0 radical (unpaired) electrons. The van der Waals surface area contributed by atoms with Gasteiger partial charge in [0.2, 0.25) is 11.9 Å².